The summed E-state index contributed by atoms with van der Waals surface area (Å²) in [5.41, 5.74) is 1.21. The maximum absolute atomic E-state index is 12.5. The number of sulfonamides is 1. The van der Waals surface area contributed by atoms with Gasteiger partial charge in [0.15, 0.2) is 0 Å². The van der Waals surface area contributed by atoms with Crippen LogP contribution < -0.4 is 4.31 Å². The van der Waals surface area contributed by atoms with Crippen LogP contribution in [0.4, 0.5) is 5.69 Å². The fourth-order valence-corrected chi connectivity index (χ4v) is 3.34. The Morgan fingerprint density at radius 1 is 1.00 bits per heavy atom. The molecule has 0 aliphatic heterocycles. The van der Waals surface area contributed by atoms with E-state index < -0.39 is 15.9 Å². The van der Waals surface area contributed by atoms with Gasteiger partial charge in [-0.2, -0.15) is 0 Å². The van der Waals surface area contributed by atoms with Gasteiger partial charge in [0.2, 0.25) is 21.8 Å². The molecular formula is C17H27N3O4S. The molecule has 1 aromatic carbocycles. The number of aryl methyl sites for hydroxylation is 1. The third-order valence-corrected chi connectivity index (χ3v) is 5.10. The lowest BCUT2D eigenvalue weighted by molar-refractivity contribution is -0.138. The van der Waals surface area contributed by atoms with Crippen molar-refractivity contribution in [1.29, 1.82) is 0 Å². The monoisotopic (exact) mass is 369 g/mol. The number of likely N-dealkylation sites (N-methyl/N-ethyl adjacent to an activating group) is 2. The number of benzene rings is 1. The number of carbonyl (C=O) groups excluding carboxylic acids is 2. The van der Waals surface area contributed by atoms with Crippen LogP contribution in [0, 0.1) is 6.92 Å². The number of rotatable bonds is 8. The molecule has 0 fully saturated rings. The molecule has 0 aliphatic rings. The second-order valence-electron chi connectivity index (χ2n) is 5.87. The van der Waals surface area contributed by atoms with Crippen LogP contribution in [-0.2, 0) is 19.6 Å². The van der Waals surface area contributed by atoms with Crippen molar-refractivity contribution < 1.29 is 18.0 Å². The van der Waals surface area contributed by atoms with Crippen molar-refractivity contribution in [2.75, 3.05) is 43.8 Å². The summed E-state index contributed by atoms with van der Waals surface area (Å²) in [6.45, 7) is 6.23. The molecule has 0 aromatic heterocycles. The zero-order valence-electron chi connectivity index (χ0n) is 15.5. The minimum Gasteiger partial charge on any atom is -0.342 e. The van der Waals surface area contributed by atoms with Crippen LogP contribution >= 0.6 is 0 Å². The first-order chi connectivity index (χ1) is 11.6. The molecule has 25 heavy (non-hydrogen) atoms. The lowest BCUT2D eigenvalue weighted by atomic mass is 10.2. The van der Waals surface area contributed by atoms with E-state index in [0.717, 1.165) is 16.1 Å². The minimum atomic E-state index is -3.63. The second kappa shape index (κ2) is 8.84. The molecule has 0 unspecified atom stereocenters. The second-order valence-corrected chi connectivity index (χ2v) is 7.78. The average molecular weight is 369 g/mol. The third-order valence-electron chi connectivity index (χ3n) is 3.98. The normalized spacial score (nSPS) is 11.1. The zero-order valence-corrected chi connectivity index (χ0v) is 16.3. The van der Waals surface area contributed by atoms with Gasteiger partial charge in [-0.15, -0.1) is 0 Å². The fourth-order valence-electron chi connectivity index (χ4n) is 2.44. The Hall–Kier alpha value is -2.09. The van der Waals surface area contributed by atoms with Crippen molar-refractivity contribution >= 4 is 27.5 Å². The molecule has 8 heteroatoms. The van der Waals surface area contributed by atoms with Gasteiger partial charge >= 0.3 is 0 Å². The van der Waals surface area contributed by atoms with Crippen molar-refractivity contribution in [3.8, 4) is 0 Å². The van der Waals surface area contributed by atoms with Crippen LogP contribution in [0.1, 0.15) is 19.4 Å². The number of nitrogens with zero attached hydrogens (tertiary/aromatic N) is 3. The first-order valence-corrected chi connectivity index (χ1v) is 10.0. The van der Waals surface area contributed by atoms with Gasteiger partial charge in [-0.1, -0.05) is 18.2 Å². The van der Waals surface area contributed by atoms with Gasteiger partial charge < -0.3 is 9.80 Å². The number of hydrogen-bond donors (Lipinski definition) is 0. The van der Waals surface area contributed by atoms with Crippen LogP contribution in [-0.4, -0.2) is 69.5 Å². The van der Waals surface area contributed by atoms with Gasteiger partial charge in [-0.25, -0.2) is 8.42 Å². The Balaban J connectivity index is 2.93. The third kappa shape index (κ3) is 5.74. The smallest absolute Gasteiger partial charge is 0.243 e. The van der Waals surface area contributed by atoms with Gasteiger partial charge in [0, 0.05) is 20.1 Å². The molecule has 0 saturated carbocycles. The highest BCUT2D eigenvalue weighted by atomic mass is 32.2. The van der Waals surface area contributed by atoms with E-state index in [4.69, 9.17) is 0 Å². The highest BCUT2D eigenvalue weighted by Gasteiger charge is 2.25. The summed E-state index contributed by atoms with van der Waals surface area (Å²) in [6, 6.07) is 6.96. The molecule has 2 amide bonds. The molecule has 0 saturated heterocycles. The first-order valence-electron chi connectivity index (χ1n) is 8.16. The van der Waals surface area contributed by atoms with E-state index >= 15 is 0 Å². The summed E-state index contributed by atoms with van der Waals surface area (Å²) >= 11 is 0. The van der Waals surface area contributed by atoms with Crippen molar-refractivity contribution in [1.82, 2.24) is 9.80 Å². The Kier molecular flexibility index (Phi) is 7.41. The highest BCUT2D eigenvalue weighted by molar-refractivity contribution is 7.92. The summed E-state index contributed by atoms with van der Waals surface area (Å²) in [5.74, 6) is -0.600. The van der Waals surface area contributed by atoms with Crippen LogP contribution in [0.5, 0.6) is 0 Å². The summed E-state index contributed by atoms with van der Waals surface area (Å²) in [5, 5.41) is 0. The average Bonchev–Trinajstić information content (AvgIpc) is 2.53. The molecule has 1 aromatic rings. The van der Waals surface area contributed by atoms with Crippen LogP contribution in [0.15, 0.2) is 24.3 Å². The molecule has 0 radical (unpaired) electrons. The Morgan fingerprint density at radius 2 is 1.56 bits per heavy atom. The SMILES string of the molecule is CCN(CC)C(=O)CN(C)C(=O)CN(c1ccccc1C)S(C)(=O)=O. The van der Waals surface area contributed by atoms with Crippen LogP contribution in [0.25, 0.3) is 0 Å². The van der Waals surface area contributed by atoms with Crippen molar-refractivity contribution in [3.05, 3.63) is 29.8 Å². The molecule has 0 aliphatic carbocycles. The quantitative estimate of drug-likeness (QED) is 0.687. The lowest BCUT2D eigenvalue weighted by Crippen LogP contribution is -2.45. The zero-order chi connectivity index (χ0) is 19.2. The Morgan fingerprint density at radius 3 is 2.04 bits per heavy atom. The largest absolute Gasteiger partial charge is 0.342 e. The van der Waals surface area contributed by atoms with Gasteiger partial charge in [0.1, 0.15) is 6.54 Å². The molecule has 0 spiro atoms. The Labute approximate surface area is 150 Å². The van der Waals surface area contributed by atoms with E-state index in [1.165, 1.54) is 11.9 Å². The predicted octanol–water partition coefficient (Wildman–Crippen LogP) is 1.09. The van der Waals surface area contributed by atoms with E-state index in [-0.39, 0.29) is 19.0 Å². The molecule has 1 rings (SSSR count). The molecule has 0 N–H and O–H groups in total. The standard InChI is InChI=1S/C17H27N3O4S/c1-6-19(7-2)17(22)12-18(4)16(21)13-20(25(5,23)24)15-11-9-8-10-14(15)3/h8-11H,6-7,12-13H2,1-5H3. The van der Waals surface area contributed by atoms with E-state index in [1.807, 2.05) is 13.8 Å². The summed E-state index contributed by atoms with van der Waals surface area (Å²) < 4.78 is 25.4. The van der Waals surface area contributed by atoms with E-state index in [0.29, 0.717) is 18.8 Å². The molecule has 0 atom stereocenters. The molecule has 140 valence electrons. The highest BCUT2D eigenvalue weighted by Crippen LogP contribution is 2.21. The fraction of sp³-hybridized carbons (Fsp3) is 0.529. The van der Waals surface area contributed by atoms with Gasteiger partial charge in [0.25, 0.3) is 0 Å². The van der Waals surface area contributed by atoms with Gasteiger partial charge in [-0.3, -0.25) is 13.9 Å². The van der Waals surface area contributed by atoms with E-state index in [9.17, 15) is 18.0 Å². The summed E-state index contributed by atoms with van der Waals surface area (Å²) in [6.07, 6.45) is 1.06. The topological polar surface area (TPSA) is 78.0 Å². The van der Waals surface area contributed by atoms with Gasteiger partial charge in [0.05, 0.1) is 18.5 Å². The maximum atomic E-state index is 12.5. The van der Waals surface area contributed by atoms with E-state index in [1.54, 1.807) is 36.1 Å². The number of para-hydroxylation sites is 1. The van der Waals surface area contributed by atoms with Crippen LogP contribution in [0.3, 0.4) is 0 Å². The number of anilines is 1. The number of hydrogen-bond acceptors (Lipinski definition) is 4. The summed E-state index contributed by atoms with van der Waals surface area (Å²) in [4.78, 5) is 27.5. The predicted molar refractivity (Wildman–Crippen MR) is 98.9 cm³/mol. The first kappa shape index (κ1) is 21.0. The van der Waals surface area contributed by atoms with E-state index in [2.05, 4.69) is 0 Å². The van der Waals surface area contributed by atoms with Crippen molar-refractivity contribution in [2.24, 2.45) is 0 Å². The van der Waals surface area contributed by atoms with Crippen LogP contribution in [0.2, 0.25) is 0 Å². The summed E-state index contributed by atoms with van der Waals surface area (Å²) in [7, 11) is -2.13. The number of carbonyl (C=O) groups is 2. The van der Waals surface area contributed by atoms with Gasteiger partial charge in [-0.05, 0) is 32.4 Å². The lowest BCUT2D eigenvalue weighted by Gasteiger charge is -2.27. The Bertz CT molecular complexity index is 714. The molecule has 7 nitrogen and oxygen atoms in total. The van der Waals surface area contributed by atoms with Crippen molar-refractivity contribution in [3.63, 3.8) is 0 Å². The maximum Gasteiger partial charge on any atom is 0.243 e. The van der Waals surface area contributed by atoms with Crippen molar-refractivity contribution in [2.45, 2.75) is 20.8 Å². The molecule has 0 heterocycles. The number of amides is 2. The molecule has 0 bridgehead atoms. The minimum absolute atomic E-state index is 0.0775. The molecular weight excluding hydrogens is 342 g/mol.